The van der Waals surface area contributed by atoms with E-state index in [1.54, 1.807) is 13.1 Å². The van der Waals surface area contributed by atoms with E-state index >= 15 is 0 Å². The quantitative estimate of drug-likeness (QED) is 0.788. The molecule has 0 aliphatic rings. The van der Waals surface area contributed by atoms with Gasteiger partial charge in [0, 0.05) is 17.1 Å². The molecule has 2 N–H and O–H groups in total. The maximum atomic E-state index is 12.6. The van der Waals surface area contributed by atoms with Crippen LogP contribution in [0.5, 0.6) is 0 Å². The van der Waals surface area contributed by atoms with E-state index in [1.165, 1.54) is 6.07 Å². The van der Waals surface area contributed by atoms with Crippen LogP contribution in [0.15, 0.2) is 17.0 Å². The maximum Gasteiger partial charge on any atom is 0.242 e. The van der Waals surface area contributed by atoms with Crippen LogP contribution >= 0.6 is 23.2 Å². The highest BCUT2D eigenvalue weighted by molar-refractivity contribution is 7.89. The molecule has 0 unspecified atom stereocenters. The Bertz CT molecular complexity index is 601. The molecule has 0 spiro atoms. The van der Waals surface area contributed by atoms with Crippen LogP contribution in [0.2, 0.25) is 10.0 Å². The Kier molecular flexibility index (Phi) is 6.50. The van der Waals surface area contributed by atoms with Crippen molar-refractivity contribution in [2.75, 3.05) is 7.05 Å². The molecule has 21 heavy (non-hydrogen) atoms. The Morgan fingerprint density at radius 1 is 1.24 bits per heavy atom. The predicted molar refractivity (Wildman–Crippen MR) is 88.5 cm³/mol. The summed E-state index contributed by atoms with van der Waals surface area (Å²) in [4.78, 5) is 0.0195. The minimum atomic E-state index is -3.73. The molecule has 0 saturated heterocycles. The van der Waals surface area contributed by atoms with Crippen LogP contribution in [-0.4, -0.2) is 21.0 Å². The van der Waals surface area contributed by atoms with Gasteiger partial charge in [-0.2, -0.15) is 0 Å². The maximum absolute atomic E-state index is 12.6. The van der Waals surface area contributed by atoms with Crippen molar-refractivity contribution in [1.82, 2.24) is 10.0 Å². The normalized spacial score (nSPS) is 12.7. The molecule has 7 heteroatoms. The third kappa shape index (κ3) is 5.11. The lowest BCUT2D eigenvalue weighted by molar-refractivity contribution is 0.418. The second-order valence-electron chi connectivity index (χ2n) is 5.65. The lowest BCUT2D eigenvalue weighted by Crippen LogP contribution is -2.43. The number of benzene rings is 1. The zero-order valence-corrected chi connectivity index (χ0v) is 15.1. The van der Waals surface area contributed by atoms with Crippen LogP contribution in [0.3, 0.4) is 0 Å². The van der Waals surface area contributed by atoms with Crippen molar-refractivity contribution in [3.8, 4) is 0 Å². The SMILES string of the molecule is CCCC(C)(C)NS(=O)(=O)c1cc(Cl)cc(CNC)c1Cl. The summed E-state index contributed by atoms with van der Waals surface area (Å²) in [6, 6.07) is 3.05. The van der Waals surface area contributed by atoms with Gasteiger partial charge in [0.05, 0.1) is 5.02 Å². The summed E-state index contributed by atoms with van der Waals surface area (Å²) in [5.74, 6) is 0. The third-order valence-corrected chi connectivity index (χ3v) is 5.52. The molecule has 1 aromatic carbocycles. The largest absolute Gasteiger partial charge is 0.316 e. The van der Waals surface area contributed by atoms with E-state index in [-0.39, 0.29) is 9.92 Å². The summed E-state index contributed by atoms with van der Waals surface area (Å²) < 4.78 is 27.9. The molecule has 0 heterocycles. The first-order valence-electron chi connectivity index (χ1n) is 6.79. The van der Waals surface area contributed by atoms with Gasteiger partial charge >= 0.3 is 0 Å². The van der Waals surface area contributed by atoms with Crippen molar-refractivity contribution < 1.29 is 8.42 Å². The molecular formula is C14H22Cl2N2O2S. The summed E-state index contributed by atoms with van der Waals surface area (Å²) in [5.41, 5.74) is 0.114. The Balaban J connectivity index is 3.25. The minimum absolute atomic E-state index is 0.0195. The number of nitrogens with one attached hydrogen (secondary N) is 2. The fraction of sp³-hybridized carbons (Fsp3) is 0.571. The highest BCUT2D eigenvalue weighted by Gasteiger charge is 2.28. The van der Waals surface area contributed by atoms with Crippen molar-refractivity contribution in [2.24, 2.45) is 0 Å². The number of halogens is 2. The predicted octanol–water partition coefficient (Wildman–Crippen LogP) is 3.57. The molecule has 0 aliphatic carbocycles. The van der Waals surface area contributed by atoms with Crippen LogP contribution in [-0.2, 0) is 16.6 Å². The molecule has 0 fully saturated rings. The average Bonchev–Trinajstić information content (AvgIpc) is 2.31. The molecular weight excluding hydrogens is 331 g/mol. The molecule has 0 amide bonds. The molecule has 120 valence electrons. The van der Waals surface area contributed by atoms with E-state index in [1.807, 2.05) is 20.8 Å². The standard InChI is InChI=1S/C14H22Cl2N2O2S/c1-5-6-14(2,3)18-21(19,20)12-8-11(15)7-10(9-17-4)13(12)16/h7-8,17-18H,5-6,9H2,1-4H3. The van der Waals surface area contributed by atoms with Crippen molar-refractivity contribution in [1.29, 1.82) is 0 Å². The molecule has 0 atom stereocenters. The molecule has 0 radical (unpaired) electrons. The summed E-state index contributed by atoms with van der Waals surface area (Å²) >= 11 is 12.2. The highest BCUT2D eigenvalue weighted by atomic mass is 35.5. The number of hydrogen-bond acceptors (Lipinski definition) is 3. The Hall–Kier alpha value is -0.330. The minimum Gasteiger partial charge on any atom is -0.316 e. The van der Waals surface area contributed by atoms with E-state index in [0.717, 1.165) is 12.8 Å². The van der Waals surface area contributed by atoms with Gasteiger partial charge in [-0.3, -0.25) is 0 Å². The first-order chi connectivity index (χ1) is 9.63. The molecule has 1 rings (SSSR count). The molecule has 4 nitrogen and oxygen atoms in total. The van der Waals surface area contributed by atoms with Crippen molar-refractivity contribution in [3.63, 3.8) is 0 Å². The van der Waals surface area contributed by atoms with E-state index in [9.17, 15) is 8.42 Å². The lowest BCUT2D eigenvalue weighted by atomic mass is 10.0. The zero-order chi connectivity index (χ0) is 16.3. The molecule has 1 aromatic rings. The Labute approximate surface area is 137 Å². The molecule has 0 aliphatic heterocycles. The average molecular weight is 353 g/mol. The van der Waals surface area contributed by atoms with Crippen molar-refractivity contribution in [3.05, 3.63) is 27.7 Å². The fourth-order valence-corrected chi connectivity index (χ4v) is 4.60. The van der Waals surface area contributed by atoms with Crippen LogP contribution in [0.25, 0.3) is 0 Å². The zero-order valence-electron chi connectivity index (χ0n) is 12.8. The van der Waals surface area contributed by atoms with Gasteiger partial charge < -0.3 is 5.32 Å². The molecule has 0 aromatic heterocycles. The van der Waals surface area contributed by atoms with Gasteiger partial charge in [0.15, 0.2) is 0 Å². The number of hydrogen-bond donors (Lipinski definition) is 2. The monoisotopic (exact) mass is 352 g/mol. The van der Waals surface area contributed by atoms with Gasteiger partial charge in [0.1, 0.15) is 4.90 Å². The van der Waals surface area contributed by atoms with Crippen LogP contribution in [0, 0.1) is 0 Å². The highest BCUT2D eigenvalue weighted by Crippen LogP contribution is 2.30. The van der Waals surface area contributed by atoms with E-state index in [4.69, 9.17) is 23.2 Å². The second kappa shape index (κ2) is 7.29. The smallest absolute Gasteiger partial charge is 0.242 e. The van der Waals surface area contributed by atoms with Gasteiger partial charge in [-0.25, -0.2) is 13.1 Å². The van der Waals surface area contributed by atoms with Gasteiger partial charge in [-0.1, -0.05) is 36.5 Å². The van der Waals surface area contributed by atoms with Gasteiger partial charge in [-0.15, -0.1) is 0 Å². The fourth-order valence-electron chi connectivity index (χ4n) is 2.23. The Morgan fingerprint density at radius 2 is 1.86 bits per heavy atom. The Morgan fingerprint density at radius 3 is 2.38 bits per heavy atom. The van der Waals surface area contributed by atoms with Crippen molar-refractivity contribution >= 4 is 33.2 Å². The second-order valence-corrected chi connectivity index (χ2v) is 8.11. The number of rotatable bonds is 7. The molecule has 0 bridgehead atoms. The van der Waals surface area contributed by atoms with Gasteiger partial charge in [0.2, 0.25) is 10.0 Å². The molecule has 0 saturated carbocycles. The topological polar surface area (TPSA) is 58.2 Å². The van der Waals surface area contributed by atoms with Crippen LogP contribution < -0.4 is 10.0 Å². The summed E-state index contributed by atoms with van der Waals surface area (Å²) in [5, 5.41) is 3.49. The first kappa shape index (κ1) is 18.7. The van der Waals surface area contributed by atoms with E-state index < -0.39 is 15.6 Å². The van der Waals surface area contributed by atoms with E-state index in [2.05, 4.69) is 10.0 Å². The van der Waals surface area contributed by atoms with E-state index in [0.29, 0.717) is 17.1 Å². The lowest BCUT2D eigenvalue weighted by Gasteiger charge is -2.26. The van der Waals surface area contributed by atoms with Crippen LogP contribution in [0.4, 0.5) is 0 Å². The van der Waals surface area contributed by atoms with Crippen molar-refractivity contribution in [2.45, 2.75) is 50.6 Å². The summed E-state index contributed by atoms with van der Waals surface area (Å²) in [7, 11) is -1.97. The van der Waals surface area contributed by atoms with Crippen LogP contribution in [0.1, 0.15) is 39.2 Å². The summed E-state index contributed by atoms with van der Waals surface area (Å²) in [6.45, 7) is 6.15. The first-order valence-corrected chi connectivity index (χ1v) is 9.03. The number of sulfonamides is 1. The van der Waals surface area contributed by atoms with Gasteiger partial charge in [-0.05, 0) is 45.0 Å². The summed E-state index contributed by atoms with van der Waals surface area (Å²) in [6.07, 6.45) is 1.61. The van der Waals surface area contributed by atoms with Gasteiger partial charge in [0.25, 0.3) is 0 Å². The third-order valence-electron chi connectivity index (χ3n) is 3.02.